The summed E-state index contributed by atoms with van der Waals surface area (Å²) >= 11 is 1.11. The van der Waals surface area contributed by atoms with Crippen molar-refractivity contribution in [1.82, 2.24) is 9.88 Å². The molecule has 1 aromatic heterocycles. The lowest BCUT2D eigenvalue weighted by Gasteiger charge is -2.15. The summed E-state index contributed by atoms with van der Waals surface area (Å²) in [6, 6.07) is 9.28. The third-order valence-corrected chi connectivity index (χ3v) is 3.77. The second-order valence-corrected chi connectivity index (χ2v) is 5.50. The highest BCUT2D eigenvalue weighted by Gasteiger charge is 2.21. The summed E-state index contributed by atoms with van der Waals surface area (Å²) in [5.74, 6) is -1.22. The molecule has 0 aliphatic rings. The van der Waals surface area contributed by atoms with Crippen molar-refractivity contribution in [2.45, 2.75) is 6.42 Å². The van der Waals surface area contributed by atoms with Crippen molar-refractivity contribution >= 4 is 28.3 Å². The Morgan fingerprint density at radius 2 is 2.00 bits per heavy atom. The summed E-state index contributed by atoms with van der Waals surface area (Å²) in [6.07, 6.45) is -0.100. The van der Waals surface area contributed by atoms with Crippen molar-refractivity contribution in [3.05, 3.63) is 35.2 Å². The van der Waals surface area contributed by atoms with Crippen molar-refractivity contribution in [3.63, 3.8) is 0 Å². The molecule has 0 atom stereocenters. The zero-order valence-electron chi connectivity index (χ0n) is 11.4. The van der Waals surface area contributed by atoms with E-state index in [4.69, 9.17) is 10.8 Å². The molecule has 1 heterocycles. The molecule has 0 aliphatic heterocycles. The third kappa shape index (κ3) is 3.57. The molecule has 2 rings (SSSR count). The van der Waals surface area contributed by atoms with Gasteiger partial charge in [0.25, 0.3) is 5.91 Å². The number of nitrogens with zero attached hydrogens (tertiary/aromatic N) is 2. The highest BCUT2D eigenvalue weighted by Crippen LogP contribution is 2.30. The first-order valence-corrected chi connectivity index (χ1v) is 7.09. The molecule has 0 saturated carbocycles. The van der Waals surface area contributed by atoms with Crippen LogP contribution in [-0.2, 0) is 4.79 Å². The van der Waals surface area contributed by atoms with Gasteiger partial charge in [-0.05, 0) is 0 Å². The van der Waals surface area contributed by atoms with Crippen LogP contribution in [0.3, 0.4) is 0 Å². The van der Waals surface area contributed by atoms with Crippen LogP contribution in [0.1, 0.15) is 16.1 Å². The number of amides is 1. The van der Waals surface area contributed by atoms with E-state index in [1.165, 1.54) is 4.90 Å². The second-order valence-electron chi connectivity index (χ2n) is 4.47. The number of carboxylic acids is 1. The molecular weight excluding hydrogens is 290 g/mol. The lowest BCUT2D eigenvalue weighted by molar-refractivity contribution is -0.137. The van der Waals surface area contributed by atoms with Crippen LogP contribution in [0.15, 0.2) is 30.3 Å². The van der Waals surface area contributed by atoms with Crippen LogP contribution in [0.5, 0.6) is 0 Å². The minimum Gasteiger partial charge on any atom is -0.481 e. The molecule has 2 aromatic rings. The molecule has 0 fully saturated rings. The summed E-state index contributed by atoms with van der Waals surface area (Å²) in [5.41, 5.74) is 7.06. The van der Waals surface area contributed by atoms with Gasteiger partial charge in [-0.1, -0.05) is 41.7 Å². The van der Waals surface area contributed by atoms with E-state index in [0.717, 1.165) is 16.9 Å². The molecular formula is C14H15N3O3S. The third-order valence-electron chi connectivity index (χ3n) is 2.89. The lowest BCUT2D eigenvalue weighted by Crippen LogP contribution is -2.28. The molecule has 0 bridgehead atoms. The molecule has 0 saturated heterocycles. The summed E-state index contributed by atoms with van der Waals surface area (Å²) in [7, 11) is 1.57. The van der Waals surface area contributed by atoms with E-state index in [0.29, 0.717) is 15.7 Å². The molecule has 3 N–H and O–H groups in total. The first kappa shape index (κ1) is 15.0. The van der Waals surface area contributed by atoms with E-state index in [1.807, 2.05) is 30.3 Å². The van der Waals surface area contributed by atoms with E-state index >= 15 is 0 Å². The summed E-state index contributed by atoms with van der Waals surface area (Å²) in [5, 5.41) is 8.99. The van der Waals surface area contributed by atoms with Gasteiger partial charge in [0, 0.05) is 19.2 Å². The van der Waals surface area contributed by atoms with Crippen molar-refractivity contribution in [2.24, 2.45) is 0 Å². The average Bonchev–Trinajstić information content (AvgIpc) is 2.86. The van der Waals surface area contributed by atoms with Crippen LogP contribution in [0.4, 0.5) is 5.13 Å². The van der Waals surface area contributed by atoms with Gasteiger partial charge in [0.15, 0.2) is 5.13 Å². The van der Waals surface area contributed by atoms with Crippen molar-refractivity contribution in [1.29, 1.82) is 0 Å². The SMILES string of the molecule is CN(CCC(=O)O)C(=O)c1sc(N)nc1-c1ccccc1. The number of nitrogens with two attached hydrogens (primary N) is 1. The number of carbonyl (C=O) groups excluding carboxylic acids is 1. The zero-order valence-corrected chi connectivity index (χ0v) is 12.3. The van der Waals surface area contributed by atoms with Crippen LogP contribution in [0.2, 0.25) is 0 Å². The standard InChI is InChI=1S/C14H15N3O3S/c1-17(8-7-10(18)19)13(20)12-11(16-14(15)21-12)9-5-3-2-4-6-9/h2-6H,7-8H2,1H3,(H2,15,16)(H,18,19). The van der Waals surface area contributed by atoms with Gasteiger partial charge < -0.3 is 15.7 Å². The number of hydrogen-bond donors (Lipinski definition) is 2. The number of aliphatic carboxylic acids is 1. The van der Waals surface area contributed by atoms with Gasteiger partial charge in [-0.2, -0.15) is 0 Å². The van der Waals surface area contributed by atoms with E-state index in [1.54, 1.807) is 7.05 Å². The van der Waals surface area contributed by atoms with Crippen molar-refractivity contribution < 1.29 is 14.7 Å². The summed E-state index contributed by atoms with van der Waals surface area (Å²) < 4.78 is 0. The molecule has 6 nitrogen and oxygen atoms in total. The smallest absolute Gasteiger partial charge is 0.305 e. The molecule has 1 amide bonds. The van der Waals surface area contributed by atoms with E-state index < -0.39 is 5.97 Å². The van der Waals surface area contributed by atoms with Crippen LogP contribution in [0.25, 0.3) is 11.3 Å². The summed E-state index contributed by atoms with van der Waals surface area (Å²) in [4.78, 5) is 29.0. The fraction of sp³-hybridized carbons (Fsp3) is 0.214. The molecule has 1 aromatic carbocycles. The average molecular weight is 305 g/mol. The van der Waals surface area contributed by atoms with Gasteiger partial charge in [0.2, 0.25) is 0 Å². The van der Waals surface area contributed by atoms with Gasteiger partial charge in [0.1, 0.15) is 4.88 Å². The van der Waals surface area contributed by atoms with Gasteiger partial charge in [0.05, 0.1) is 12.1 Å². The summed E-state index contributed by atoms with van der Waals surface area (Å²) in [6.45, 7) is 0.139. The lowest BCUT2D eigenvalue weighted by atomic mass is 10.1. The number of aromatic nitrogens is 1. The zero-order chi connectivity index (χ0) is 15.4. The van der Waals surface area contributed by atoms with Crippen LogP contribution in [0, 0.1) is 0 Å². The van der Waals surface area contributed by atoms with Gasteiger partial charge >= 0.3 is 5.97 Å². The van der Waals surface area contributed by atoms with E-state index in [-0.39, 0.29) is 18.9 Å². The van der Waals surface area contributed by atoms with Gasteiger partial charge in [-0.15, -0.1) is 0 Å². The molecule has 0 aliphatic carbocycles. The topological polar surface area (TPSA) is 96.5 Å². The number of rotatable bonds is 5. The molecule has 0 radical (unpaired) electrons. The fourth-order valence-electron chi connectivity index (χ4n) is 1.81. The number of benzene rings is 1. The molecule has 0 spiro atoms. The van der Waals surface area contributed by atoms with E-state index in [2.05, 4.69) is 4.98 Å². The highest BCUT2D eigenvalue weighted by molar-refractivity contribution is 7.17. The number of carboxylic acid groups (broad SMARTS) is 1. The number of hydrogen-bond acceptors (Lipinski definition) is 5. The Morgan fingerprint density at radius 1 is 1.33 bits per heavy atom. The molecule has 21 heavy (non-hydrogen) atoms. The Balaban J connectivity index is 2.28. The predicted octanol–water partition coefficient (Wildman–Crippen LogP) is 1.94. The Bertz CT molecular complexity index is 655. The number of carbonyl (C=O) groups is 2. The number of anilines is 1. The van der Waals surface area contributed by atoms with E-state index in [9.17, 15) is 9.59 Å². The van der Waals surface area contributed by atoms with Gasteiger partial charge in [-0.25, -0.2) is 4.98 Å². The molecule has 110 valence electrons. The Kier molecular flexibility index (Phi) is 4.54. The predicted molar refractivity (Wildman–Crippen MR) is 81.2 cm³/mol. The minimum atomic E-state index is -0.943. The Hall–Kier alpha value is -2.41. The maximum Gasteiger partial charge on any atom is 0.305 e. The highest BCUT2D eigenvalue weighted by atomic mass is 32.1. The second kappa shape index (κ2) is 6.36. The first-order valence-electron chi connectivity index (χ1n) is 6.28. The monoisotopic (exact) mass is 305 g/mol. The van der Waals surface area contributed by atoms with Crippen molar-refractivity contribution in [3.8, 4) is 11.3 Å². The molecule has 0 unspecified atom stereocenters. The largest absolute Gasteiger partial charge is 0.481 e. The van der Waals surface area contributed by atoms with Crippen LogP contribution in [-0.4, -0.2) is 40.5 Å². The van der Waals surface area contributed by atoms with Crippen LogP contribution < -0.4 is 5.73 Å². The number of thiazole rings is 1. The normalized spacial score (nSPS) is 10.3. The minimum absolute atomic E-state index is 0.100. The van der Waals surface area contributed by atoms with Gasteiger partial charge in [-0.3, -0.25) is 9.59 Å². The Labute approximate surface area is 125 Å². The van der Waals surface area contributed by atoms with Crippen molar-refractivity contribution in [2.75, 3.05) is 19.3 Å². The fourth-order valence-corrected chi connectivity index (χ4v) is 2.66. The molecule has 7 heteroatoms. The Morgan fingerprint density at radius 3 is 2.62 bits per heavy atom. The maximum absolute atomic E-state index is 12.4. The van der Waals surface area contributed by atoms with Crippen LogP contribution >= 0.6 is 11.3 Å². The quantitative estimate of drug-likeness (QED) is 0.880. The first-order chi connectivity index (χ1) is 9.99. The maximum atomic E-state index is 12.4. The number of nitrogen functional groups attached to an aromatic ring is 1.